The minimum Gasteiger partial charge on any atom is -0.493 e. The van der Waals surface area contributed by atoms with Gasteiger partial charge in [0.2, 0.25) is 0 Å². The molecule has 33 heavy (non-hydrogen) atoms. The molecule has 0 bridgehead atoms. The van der Waals surface area contributed by atoms with Crippen molar-refractivity contribution in [2.24, 2.45) is 5.92 Å². The van der Waals surface area contributed by atoms with Crippen molar-refractivity contribution in [1.29, 1.82) is 0 Å². The molecule has 0 aromatic heterocycles. The fraction of sp³-hybridized carbons (Fsp3) is 0.222. The van der Waals surface area contributed by atoms with E-state index < -0.39 is 5.92 Å². The molecule has 6 heteroatoms. The van der Waals surface area contributed by atoms with Crippen LogP contribution in [0, 0.1) is 11.7 Å². The largest absolute Gasteiger partial charge is 0.493 e. The van der Waals surface area contributed by atoms with E-state index in [-0.39, 0.29) is 23.6 Å². The number of halogens is 1. The Morgan fingerprint density at radius 2 is 1.67 bits per heavy atom. The molecule has 0 radical (unpaired) electrons. The van der Waals surface area contributed by atoms with Crippen molar-refractivity contribution in [2.45, 2.75) is 18.4 Å². The van der Waals surface area contributed by atoms with Crippen molar-refractivity contribution >= 4 is 17.2 Å². The zero-order chi connectivity index (χ0) is 22.9. The van der Waals surface area contributed by atoms with Gasteiger partial charge in [-0.15, -0.1) is 0 Å². The number of ether oxygens (including phenoxy) is 2. The SMILES string of the molecule is COc1ccc(C2C=C3Nc4ccccc4NC(c4cccc(F)c4)C3C(=O)C2)cc1OC. The average molecular weight is 445 g/mol. The van der Waals surface area contributed by atoms with E-state index in [1.807, 2.05) is 48.5 Å². The molecule has 5 rings (SSSR count). The van der Waals surface area contributed by atoms with E-state index in [1.54, 1.807) is 20.3 Å². The van der Waals surface area contributed by atoms with Crippen molar-refractivity contribution in [2.75, 3.05) is 24.9 Å². The van der Waals surface area contributed by atoms with Gasteiger partial charge in [-0.3, -0.25) is 4.79 Å². The molecule has 0 saturated heterocycles. The number of hydrogen-bond donors (Lipinski definition) is 2. The number of fused-ring (bicyclic) bond motifs is 2. The molecule has 0 amide bonds. The first-order valence-electron chi connectivity index (χ1n) is 10.9. The molecule has 3 unspecified atom stereocenters. The highest BCUT2D eigenvalue weighted by atomic mass is 19.1. The number of Topliss-reactive ketones (excluding diaryl/α,β-unsaturated/α-hetero) is 1. The number of ketones is 1. The third kappa shape index (κ3) is 3.93. The zero-order valence-electron chi connectivity index (χ0n) is 18.5. The van der Waals surface area contributed by atoms with Crippen LogP contribution in [-0.4, -0.2) is 20.0 Å². The van der Waals surface area contributed by atoms with Crippen LogP contribution in [0.3, 0.4) is 0 Å². The van der Waals surface area contributed by atoms with E-state index >= 15 is 0 Å². The number of allylic oxidation sites excluding steroid dienone is 1. The molecule has 1 aliphatic carbocycles. The second-order valence-corrected chi connectivity index (χ2v) is 8.34. The number of rotatable bonds is 4. The quantitative estimate of drug-likeness (QED) is 0.542. The van der Waals surface area contributed by atoms with Gasteiger partial charge in [0.1, 0.15) is 11.6 Å². The highest BCUT2D eigenvalue weighted by Crippen LogP contribution is 2.45. The molecule has 0 fully saturated rings. The molecule has 3 atom stereocenters. The topological polar surface area (TPSA) is 59.6 Å². The summed E-state index contributed by atoms with van der Waals surface area (Å²) >= 11 is 0. The summed E-state index contributed by atoms with van der Waals surface area (Å²) in [5.74, 6) is 0.462. The number of carbonyl (C=O) groups excluding carboxylic acids is 1. The van der Waals surface area contributed by atoms with Crippen LogP contribution in [0.4, 0.5) is 15.8 Å². The van der Waals surface area contributed by atoms with E-state index in [0.717, 1.165) is 28.2 Å². The van der Waals surface area contributed by atoms with E-state index in [1.165, 1.54) is 12.1 Å². The van der Waals surface area contributed by atoms with Gasteiger partial charge in [0.15, 0.2) is 11.5 Å². The Bertz CT molecular complexity index is 1240. The van der Waals surface area contributed by atoms with Crippen LogP contribution in [0.15, 0.2) is 78.5 Å². The van der Waals surface area contributed by atoms with E-state index in [2.05, 4.69) is 16.7 Å². The summed E-state index contributed by atoms with van der Waals surface area (Å²) in [7, 11) is 3.20. The number of para-hydroxylation sites is 2. The maximum atomic E-state index is 14.1. The Morgan fingerprint density at radius 1 is 0.879 bits per heavy atom. The zero-order valence-corrected chi connectivity index (χ0v) is 18.5. The first-order valence-corrected chi connectivity index (χ1v) is 10.9. The van der Waals surface area contributed by atoms with Crippen molar-refractivity contribution in [1.82, 2.24) is 0 Å². The van der Waals surface area contributed by atoms with Crippen LogP contribution in [-0.2, 0) is 4.79 Å². The number of benzene rings is 3. The molecule has 168 valence electrons. The van der Waals surface area contributed by atoms with Crippen LogP contribution < -0.4 is 20.1 Å². The normalized spacial score (nSPS) is 21.5. The number of methoxy groups -OCH3 is 2. The monoisotopic (exact) mass is 444 g/mol. The van der Waals surface area contributed by atoms with Crippen molar-refractivity contribution in [3.05, 3.63) is 95.4 Å². The van der Waals surface area contributed by atoms with Gasteiger partial charge in [-0.05, 0) is 47.5 Å². The molecular weight excluding hydrogens is 419 g/mol. The lowest BCUT2D eigenvalue weighted by atomic mass is 9.76. The third-order valence-corrected chi connectivity index (χ3v) is 6.38. The Labute approximate surface area is 192 Å². The lowest BCUT2D eigenvalue weighted by molar-refractivity contribution is -0.122. The van der Waals surface area contributed by atoms with E-state index in [9.17, 15) is 9.18 Å². The van der Waals surface area contributed by atoms with Crippen LogP contribution in [0.2, 0.25) is 0 Å². The van der Waals surface area contributed by atoms with Crippen molar-refractivity contribution < 1.29 is 18.7 Å². The molecule has 1 aliphatic heterocycles. The number of hydrogen-bond acceptors (Lipinski definition) is 5. The van der Waals surface area contributed by atoms with Gasteiger partial charge in [-0.25, -0.2) is 4.39 Å². The number of anilines is 2. The Kier molecular flexibility index (Phi) is 5.50. The average Bonchev–Trinajstić information content (AvgIpc) is 3.00. The highest BCUT2D eigenvalue weighted by molar-refractivity contribution is 5.90. The van der Waals surface area contributed by atoms with Crippen LogP contribution in [0.5, 0.6) is 11.5 Å². The molecule has 5 nitrogen and oxygen atoms in total. The van der Waals surface area contributed by atoms with Gasteiger partial charge in [-0.2, -0.15) is 0 Å². The molecule has 0 spiro atoms. The first-order chi connectivity index (χ1) is 16.1. The third-order valence-electron chi connectivity index (χ3n) is 6.38. The lowest BCUT2D eigenvalue weighted by Gasteiger charge is -2.32. The van der Waals surface area contributed by atoms with Gasteiger partial charge in [0.05, 0.1) is 37.6 Å². The predicted molar refractivity (Wildman–Crippen MR) is 126 cm³/mol. The summed E-state index contributed by atoms with van der Waals surface area (Å²) in [5.41, 5.74) is 4.28. The Morgan fingerprint density at radius 3 is 2.42 bits per heavy atom. The van der Waals surface area contributed by atoms with E-state index in [4.69, 9.17) is 9.47 Å². The van der Waals surface area contributed by atoms with Crippen LogP contribution in [0.25, 0.3) is 0 Å². The smallest absolute Gasteiger partial charge is 0.161 e. The van der Waals surface area contributed by atoms with Crippen molar-refractivity contribution in [3.63, 3.8) is 0 Å². The Hall–Kier alpha value is -3.80. The van der Waals surface area contributed by atoms with E-state index in [0.29, 0.717) is 17.9 Å². The van der Waals surface area contributed by atoms with Gasteiger partial charge in [0, 0.05) is 18.0 Å². The number of nitrogens with one attached hydrogen (secondary N) is 2. The molecule has 0 saturated carbocycles. The summed E-state index contributed by atoms with van der Waals surface area (Å²) in [6.45, 7) is 0. The second kappa shape index (κ2) is 8.62. The maximum absolute atomic E-state index is 14.1. The minimum absolute atomic E-state index is 0.0920. The van der Waals surface area contributed by atoms with Gasteiger partial charge >= 0.3 is 0 Å². The molecule has 3 aromatic carbocycles. The minimum atomic E-state index is -0.462. The highest BCUT2D eigenvalue weighted by Gasteiger charge is 2.40. The molecule has 2 aliphatic rings. The van der Waals surface area contributed by atoms with Gasteiger partial charge in [-0.1, -0.05) is 36.4 Å². The number of carbonyl (C=O) groups is 1. The predicted octanol–water partition coefficient (Wildman–Crippen LogP) is 5.68. The maximum Gasteiger partial charge on any atom is 0.161 e. The van der Waals surface area contributed by atoms with Crippen LogP contribution in [0.1, 0.15) is 29.5 Å². The standard InChI is InChI=1S/C27H25FN2O3/c1-32-24-11-10-16(15-25(24)33-2)18-13-22-26(23(31)14-18)27(17-6-5-7-19(28)12-17)30-21-9-4-3-8-20(21)29-22/h3-13,15,18,26-27,29-30H,14H2,1-2H3. The van der Waals surface area contributed by atoms with Gasteiger partial charge in [0.25, 0.3) is 0 Å². The van der Waals surface area contributed by atoms with Crippen molar-refractivity contribution in [3.8, 4) is 11.5 Å². The van der Waals surface area contributed by atoms with Gasteiger partial charge < -0.3 is 20.1 Å². The Balaban J connectivity index is 1.60. The summed E-state index contributed by atoms with van der Waals surface area (Å²) in [5, 5.41) is 6.98. The summed E-state index contributed by atoms with van der Waals surface area (Å²) in [6.07, 6.45) is 2.46. The summed E-state index contributed by atoms with van der Waals surface area (Å²) in [6, 6.07) is 19.6. The van der Waals surface area contributed by atoms with Crippen LogP contribution >= 0.6 is 0 Å². The molecule has 3 aromatic rings. The fourth-order valence-electron chi connectivity index (χ4n) is 4.78. The summed E-state index contributed by atoms with van der Waals surface area (Å²) in [4.78, 5) is 13.6. The fourth-order valence-corrected chi connectivity index (χ4v) is 4.78. The summed E-state index contributed by atoms with van der Waals surface area (Å²) < 4.78 is 24.9. The molecule has 2 N–H and O–H groups in total. The first kappa shape index (κ1) is 21.1. The lowest BCUT2D eigenvalue weighted by Crippen LogP contribution is -2.33. The molecular formula is C27H25FN2O3. The second-order valence-electron chi connectivity index (χ2n) is 8.34. The molecule has 1 heterocycles.